The Morgan fingerprint density at radius 3 is 2.58 bits per heavy atom. The Labute approximate surface area is 114 Å². The summed E-state index contributed by atoms with van der Waals surface area (Å²) in [7, 11) is -3.44. The molecule has 0 atom stereocenters. The van der Waals surface area contributed by atoms with Crippen molar-refractivity contribution in [1.82, 2.24) is 5.10 Å². The van der Waals surface area contributed by atoms with E-state index in [0.29, 0.717) is 0 Å². The van der Waals surface area contributed by atoms with Crippen molar-refractivity contribution in [2.75, 3.05) is 6.26 Å². The lowest BCUT2D eigenvalue weighted by molar-refractivity contribution is -0.667. The summed E-state index contributed by atoms with van der Waals surface area (Å²) < 4.78 is 28.5. The van der Waals surface area contributed by atoms with E-state index in [4.69, 9.17) is 16.3 Å². The molecule has 0 amide bonds. The number of rotatable bonds is 3. The van der Waals surface area contributed by atoms with Gasteiger partial charge < -0.3 is 9.94 Å². The minimum absolute atomic E-state index is 0.0178. The molecule has 0 aliphatic heterocycles. The van der Waals surface area contributed by atoms with E-state index < -0.39 is 9.84 Å². The molecule has 0 fully saturated rings. The SMILES string of the molecule is CS(=O)(=O)c1ccccc1Oc1ccc(Cl)[n+]([O-])n1. The first-order valence-corrected chi connectivity index (χ1v) is 7.38. The number of aromatic nitrogens is 2. The molecule has 1 aromatic carbocycles. The molecule has 2 rings (SSSR count). The van der Waals surface area contributed by atoms with Gasteiger partial charge in [-0.3, -0.25) is 0 Å². The maximum atomic E-state index is 11.6. The van der Waals surface area contributed by atoms with Crippen LogP contribution in [-0.2, 0) is 9.84 Å². The highest BCUT2D eigenvalue weighted by molar-refractivity contribution is 7.90. The van der Waals surface area contributed by atoms with Gasteiger partial charge in [-0.2, -0.15) is 0 Å². The second-order valence-corrected chi connectivity index (χ2v) is 6.06. The molecule has 0 saturated carbocycles. The number of hydrogen-bond acceptors (Lipinski definition) is 5. The molecule has 0 radical (unpaired) electrons. The van der Waals surface area contributed by atoms with Gasteiger partial charge in [-0.25, -0.2) is 8.42 Å². The summed E-state index contributed by atoms with van der Waals surface area (Å²) in [5.74, 6) is 0.0512. The number of para-hydroxylation sites is 1. The van der Waals surface area contributed by atoms with E-state index in [-0.39, 0.29) is 26.5 Å². The average Bonchev–Trinajstić information content (AvgIpc) is 2.33. The molecule has 2 aromatic rings. The molecule has 0 saturated heterocycles. The Bertz CT molecular complexity index is 718. The third-order valence-electron chi connectivity index (χ3n) is 2.20. The summed E-state index contributed by atoms with van der Waals surface area (Å²) in [5.41, 5.74) is 0. The Kier molecular flexibility index (Phi) is 3.59. The van der Waals surface area contributed by atoms with Crippen LogP contribution >= 0.6 is 11.6 Å². The molecule has 0 N–H and O–H groups in total. The highest BCUT2D eigenvalue weighted by Gasteiger charge is 2.16. The predicted molar refractivity (Wildman–Crippen MR) is 67.8 cm³/mol. The van der Waals surface area contributed by atoms with Gasteiger partial charge >= 0.3 is 5.15 Å². The zero-order chi connectivity index (χ0) is 14.0. The van der Waals surface area contributed by atoms with Crippen LogP contribution in [0.15, 0.2) is 41.3 Å². The van der Waals surface area contributed by atoms with E-state index in [9.17, 15) is 13.6 Å². The van der Waals surface area contributed by atoms with Crippen LogP contribution in [0.5, 0.6) is 11.6 Å². The number of nitrogens with zero attached hydrogens (tertiary/aromatic N) is 2. The monoisotopic (exact) mass is 300 g/mol. The molecule has 0 aliphatic carbocycles. The number of sulfone groups is 1. The van der Waals surface area contributed by atoms with Crippen LogP contribution in [0.4, 0.5) is 0 Å². The van der Waals surface area contributed by atoms with Gasteiger partial charge in [0, 0.05) is 18.4 Å². The van der Waals surface area contributed by atoms with Crippen molar-refractivity contribution < 1.29 is 18.0 Å². The van der Waals surface area contributed by atoms with Gasteiger partial charge in [-0.1, -0.05) is 12.1 Å². The Hall–Kier alpha value is -1.86. The van der Waals surface area contributed by atoms with Crippen molar-refractivity contribution in [2.24, 2.45) is 0 Å². The normalized spacial score (nSPS) is 11.3. The molecule has 8 heteroatoms. The van der Waals surface area contributed by atoms with Gasteiger partial charge in [0.05, 0.1) is 5.10 Å². The van der Waals surface area contributed by atoms with Crippen molar-refractivity contribution in [2.45, 2.75) is 4.90 Å². The fraction of sp³-hybridized carbons (Fsp3) is 0.0909. The first-order valence-electron chi connectivity index (χ1n) is 5.11. The zero-order valence-electron chi connectivity index (χ0n) is 9.78. The van der Waals surface area contributed by atoms with E-state index in [1.54, 1.807) is 12.1 Å². The van der Waals surface area contributed by atoms with Crippen molar-refractivity contribution in [3.05, 3.63) is 46.8 Å². The van der Waals surface area contributed by atoms with Crippen molar-refractivity contribution in [3.8, 4) is 11.6 Å². The molecule has 0 bridgehead atoms. The topological polar surface area (TPSA) is 83.2 Å². The summed E-state index contributed by atoms with van der Waals surface area (Å²) in [6.45, 7) is 0. The van der Waals surface area contributed by atoms with Crippen LogP contribution in [0, 0.1) is 5.21 Å². The van der Waals surface area contributed by atoms with Crippen molar-refractivity contribution in [1.29, 1.82) is 0 Å². The quantitative estimate of drug-likeness (QED) is 0.634. The van der Waals surface area contributed by atoms with Crippen molar-refractivity contribution in [3.63, 3.8) is 0 Å². The average molecular weight is 301 g/mol. The number of halogens is 1. The third kappa shape index (κ3) is 3.12. The molecular formula is C11H9ClN2O4S. The highest BCUT2D eigenvalue weighted by Crippen LogP contribution is 2.27. The molecule has 0 aliphatic rings. The van der Waals surface area contributed by atoms with Crippen molar-refractivity contribution >= 4 is 21.4 Å². The van der Waals surface area contributed by atoms with Crippen LogP contribution in [0.3, 0.4) is 0 Å². The smallest absolute Gasteiger partial charge is 0.313 e. The second-order valence-electron chi connectivity index (χ2n) is 3.69. The molecule has 19 heavy (non-hydrogen) atoms. The molecule has 0 unspecified atom stereocenters. The Balaban J connectivity index is 2.41. The minimum Gasteiger partial charge on any atom is -0.593 e. The Morgan fingerprint density at radius 2 is 1.95 bits per heavy atom. The van der Waals surface area contributed by atoms with Gasteiger partial charge in [0.2, 0.25) is 0 Å². The van der Waals surface area contributed by atoms with Crippen LogP contribution in [-0.4, -0.2) is 19.8 Å². The predicted octanol–water partition coefficient (Wildman–Crippen LogP) is 1.56. The molecule has 1 aromatic heterocycles. The van der Waals surface area contributed by atoms with Crippen LogP contribution in [0.1, 0.15) is 0 Å². The summed E-state index contributed by atoms with van der Waals surface area (Å²) in [6, 6.07) is 8.75. The van der Waals surface area contributed by atoms with E-state index in [2.05, 4.69) is 5.10 Å². The maximum absolute atomic E-state index is 11.6. The van der Waals surface area contributed by atoms with E-state index in [1.165, 1.54) is 24.3 Å². The number of ether oxygens (including phenoxy) is 1. The standard InChI is InChI=1S/C11H9ClN2O4S/c1-19(16,17)9-5-3-2-4-8(9)18-11-7-6-10(12)14(15)13-11/h2-7H,1H3. The summed E-state index contributed by atoms with van der Waals surface area (Å²) in [5, 5.41) is 14.6. The molecule has 6 nitrogen and oxygen atoms in total. The van der Waals surface area contributed by atoms with Gasteiger partial charge in [0.15, 0.2) is 9.84 Å². The van der Waals surface area contributed by atoms with Gasteiger partial charge in [0.25, 0.3) is 5.88 Å². The van der Waals surface area contributed by atoms with E-state index in [0.717, 1.165) is 6.26 Å². The maximum Gasteiger partial charge on any atom is 0.313 e. The van der Waals surface area contributed by atoms with Gasteiger partial charge in [0.1, 0.15) is 10.6 Å². The van der Waals surface area contributed by atoms with E-state index >= 15 is 0 Å². The van der Waals surface area contributed by atoms with Crippen LogP contribution in [0.25, 0.3) is 0 Å². The lowest BCUT2D eigenvalue weighted by atomic mass is 10.3. The van der Waals surface area contributed by atoms with Crippen LogP contribution < -0.4 is 9.58 Å². The zero-order valence-corrected chi connectivity index (χ0v) is 11.4. The first kappa shape index (κ1) is 13.6. The minimum atomic E-state index is -3.44. The molecule has 100 valence electrons. The van der Waals surface area contributed by atoms with Gasteiger partial charge in [-0.15, -0.1) is 0 Å². The third-order valence-corrected chi connectivity index (χ3v) is 3.61. The second kappa shape index (κ2) is 5.02. The molecule has 1 heterocycles. The summed E-state index contributed by atoms with van der Waals surface area (Å²) in [6.07, 6.45) is 1.07. The highest BCUT2D eigenvalue weighted by atomic mass is 35.5. The first-order chi connectivity index (χ1) is 8.88. The lowest BCUT2D eigenvalue weighted by Crippen LogP contribution is -2.32. The molecule has 0 spiro atoms. The fourth-order valence-corrected chi connectivity index (χ4v) is 2.28. The number of benzene rings is 1. The summed E-state index contributed by atoms with van der Waals surface area (Å²) >= 11 is 5.52. The van der Waals surface area contributed by atoms with E-state index in [1.807, 2.05) is 0 Å². The van der Waals surface area contributed by atoms with Crippen LogP contribution in [0.2, 0.25) is 5.15 Å². The lowest BCUT2D eigenvalue weighted by Gasteiger charge is -2.08. The number of hydrogen-bond donors (Lipinski definition) is 0. The molecular weight excluding hydrogens is 292 g/mol. The fourth-order valence-electron chi connectivity index (χ4n) is 1.38. The summed E-state index contributed by atoms with van der Waals surface area (Å²) in [4.78, 5) is 0.198. The van der Waals surface area contributed by atoms with Gasteiger partial charge in [-0.05, 0) is 28.6 Å². The Morgan fingerprint density at radius 1 is 1.26 bits per heavy atom. The largest absolute Gasteiger partial charge is 0.593 e.